The highest BCUT2D eigenvalue weighted by Gasteiger charge is 2.02. The minimum atomic E-state index is -0.273. The molecule has 1 rings (SSSR count). The summed E-state index contributed by atoms with van der Waals surface area (Å²) < 4.78 is 0. The highest BCUT2D eigenvalue weighted by atomic mass is 16.2. The van der Waals surface area contributed by atoms with Crippen LogP contribution >= 0.6 is 0 Å². The van der Waals surface area contributed by atoms with Gasteiger partial charge in [-0.2, -0.15) is 0 Å². The van der Waals surface area contributed by atoms with Crippen LogP contribution in [-0.2, 0) is 16.1 Å². The van der Waals surface area contributed by atoms with Gasteiger partial charge in [0, 0.05) is 13.8 Å². The minimum Gasteiger partial charge on any atom is -0.297 e. The smallest absolute Gasteiger partial charge is 0.223 e. The van der Waals surface area contributed by atoms with Gasteiger partial charge in [0.05, 0.1) is 6.54 Å². The second kappa shape index (κ2) is 6.42. The normalized spacial score (nSPS) is 9.29. The first-order valence-electron chi connectivity index (χ1n) is 5.21. The molecule has 5 nitrogen and oxygen atoms in total. The fourth-order valence-corrected chi connectivity index (χ4v) is 1.20. The van der Waals surface area contributed by atoms with Gasteiger partial charge in [-0.15, -0.1) is 0 Å². The Morgan fingerprint density at radius 3 is 2.06 bits per heavy atom. The average Bonchev–Trinajstić information content (AvgIpc) is 2.26. The predicted molar refractivity (Wildman–Crippen MR) is 65.2 cm³/mol. The van der Waals surface area contributed by atoms with Crippen LogP contribution in [0.4, 0.5) is 0 Å². The van der Waals surface area contributed by atoms with Gasteiger partial charge in [0.25, 0.3) is 0 Å². The van der Waals surface area contributed by atoms with E-state index in [1.807, 2.05) is 30.3 Å². The molecule has 0 saturated carbocycles. The van der Waals surface area contributed by atoms with Crippen molar-refractivity contribution >= 4 is 17.8 Å². The maximum Gasteiger partial charge on any atom is 0.223 e. The standard InChI is InChI=1S/C12H15N3O2/c1-9(16)14-12(15-10(2)17)13-8-11-6-4-3-5-7-11/h3-7H,8H2,1-2H3,(H2,13,14,15,16,17). The van der Waals surface area contributed by atoms with Crippen molar-refractivity contribution in [1.29, 1.82) is 0 Å². The van der Waals surface area contributed by atoms with Crippen molar-refractivity contribution in [2.45, 2.75) is 20.4 Å². The minimum absolute atomic E-state index is 0.175. The third-order valence-electron chi connectivity index (χ3n) is 1.85. The highest BCUT2D eigenvalue weighted by Crippen LogP contribution is 1.99. The van der Waals surface area contributed by atoms with E-state index < -0.39 is 0 Å². The van der Waals surface area contributed by atoms with Crippen LogP contribution in [0.15, 0.2) is 35.3 Å². The summed E-state index contributed by atoms with van der Waals surface area (Å²) in [5.41, 5.74) is 1.00. The Hall–Kier alpha value is -2.17. The predicted octanol–water partition coefficient (Wildman–Crippen LogP) is 0.815. The second-order valence-corrected chi connectivity index (χ2v) is 3.51. The molecule has 0 fully saturated rings. The van der Waals surface area contributed by atoms with Gasteiger partial charge in [0.2, 0.25) is 17.8 Å². The Kier molecular flexibility index (Phi) is 4.87. The lowest BCUT2D eigenvalue weighted by Gasteiger charge is -2.07. The topological polar surface area (TPSA) is 70.6 Å². The second-order valence-electron chi connectivity index (χ2n) is 3.51. The van der Waals surface area contributed by atoms with Crippen LogP contribution in [0.3, 0.4) is 0 Å². The molecule has 0 saturated heterocycles. The van der Waals surface area contributed by atoms with Gasteiger partial charge in [-0.1, -0.05) is 30.3 Å². The molecule has 2 N–H and O–H groups in total. The number of amides is 2. The molecule has 1 aromatic carbocycles. The van der Waals surface area contributed by atoms with Crippen LogP contribution in [0.5, 0.6) is 0 Å². The van der Waals surface area contributed by atoms with Gasteiger partial charge in [-0.25, -0.2) is 4.99 Å². The Balaban J connectivity index is 2.68. The molecule has 1 aromatic rings. The molecule has 0 aliphatic rings. The molecule has 0 atom stereocenters. The third-order valence-corrected chi connectivity index (χ3v) is 1.85. The molecular formula is C12H15N3O2. The van der Waals surface area contributed by atoms with E-state index >= 15 is 0 Å². The molecule has 0 aromatic heterocycles. The highest BCUT2D eigenvalue weighted by molar-refractivity contribution is 6.03. The van der Waals surface area contributed by atoms with Gasteiger partial charge in [-0.3, -0.25) is 20.2 Å². The number of nitrogens with zero attached hydrogens (tertiary/aromatic N) is 1. The first-order valence-corrected chi connectivity index (χ1v) is 5.21. The number of carbonyl (C=O) groups is 2. The summed E-state index contributed by atoms with van der Waals surface area (Å²) in [7, 11) is 0. The van der Waals surface area contributed by atoms with E-state index in [0.29, 0.717) is 6.54 Å². The number of nitrogens with one attached hydrogen (secondary N) is 2. The molecule has 0 radical (unpaired) electrons. The zero-order chi connectivity index (χ0) is 12.7. The van der Waals surface area contributed by atoms with E-state index in [1.54, 1.807) is 0 Å². The van der Waals surface area contributed by atoms with Crippen molar-refractivity contribution in [3.8, 4) is 0 Å². The number of guanidine groups is 1. The van der Waals surface area contributed by atoms with Crippen molar-refractivity contribution in [3.05, 3.63) is 35.9 Å². The van der Waals surface area contributed by atoms with Crippen LogP contribution in [0.1, 0.15) is 19.4 Å². The van der Waals surface area contributed by atoms with Crippen LogP contribution < -0.4 is 10.6 Å². The maximum atomic E-state index is 10.9. The zero-order valence-electron chi connectivity index (χ0n) is 9.86. The molecule has 0 unspecified atom stereocenters. The Morgan fingerprint density at radius 1 is 1.06 bits per heavy atom. The lowest BCUT2D eigenvalue weighted by atomic mass is 10.2. The number of benzene rings is 1. The number of rotatable bonds is 2. The summed E-state index contributed by atoms with van der Waals surface area (Å²) in [6.07, 6.45) is 0. The van der Waals surface area contributed by atoms with Crippen molar-refractivity contribution in [3.63, 3.8) is 0 Å². The van der Waals surface area contributed by atoms with E-state index in [1.165, 1.54) is 13.8 Å². The number of carbonyl (C=O) groups excluding carboxylic acids is 2. The van der Waals surface area contributed by atoms with Crippen molar-refractivity contribution in [2.75, 3.05) is 0 Å². The quantitative estimate of drug-likeness (QED) is 0.586. The first-order chi connectivity index (χ1) is 8.08. The van der Waals surface area contributed by atoms with Gasteiger partial charge in [-0.05, 0) is 5.56 Å². The summed E-state index contributed by atoms with van der Waals surface area (Å²) in [5.74, 6) is -0.370. The first kappa shape index (κ1) is 12.9. The van der Waals surface area contributed by atoms with Gasteiger partial charge < -0.3 is 0 Å². The number of aliphatic imine (C=N–C) groups is 1. The van der Waals surface area contributed by atoms with Crippen molar-refractivity contribution < 1.29 is 9.59 Å². The molecule has 5 heteroatoms. The molecule has 17 heavy (non-hydrogen) atoms. The molecule has 0 aliphatic heterocycles. The van der Waals surface area contributed by atoms with Gasteiger partial charge in [0.15, 0.2) is 0 Å². The molecule has 90 valence electrons. The molecule has 0 spiro atoms. The van der Waals surface area contributed by atoms with Crippen molar-refractivity contribution in [2.24, 2.45) is 4.99 Å². The lowest BCUT2D eigenvalue weighted by Crippen LogP contribution is -2.42. The Labute approximate surface area is 99.9 Å². The summed E-state index contributed by atoms with van der Waals surface area (Å²) >= 11 is 0. The molecule has 2 amide bonds. The molecule has 0 heterocycles. The Bertz CT molecular complexity index is 409. The Morgan fingerprint density at radius 2 is 1.59 bits per heavy atom. The van der Waals surface area contributed by atoms with E-state index in [2.05, 4.69) is 15.6 Å². The zero-order valence-corrected chi connectivity index (χ0v) is 9.86. The largest absolute Gasteiger partial charge is 0.297 e. The van der Waals surface area contributed by atoms with Crippen molar-refractivity contribution in [1.82, 2.24) is 10.6 Å². The summed E-state index contributed by atoms with van der Waals surface area (Å²) in [6, 6.07) is 9.56. The summed E-state index contributed by atoms with van der Waals surface area (Å²) in [6.45, 7) is 3.12. The van der Waals surface area contributed by atoms with Crippen LogP contribution in [0, 0.1) is 0 Å². The van der Waals surface area contributed by atoms with E-state index in [0.717, 1.165) is 5.56 Å². The number of hydrogen-bond donors (Lipinski definition) is 2. The SMILES string of the molecule is CC(=O)NC(=NCc1ccccc1)NC(C)=O. The summed E-state index contributed by atoms with van der Waals surface area (Å²) in [5, 5.41) is 4.92. The fraction of sp³-hybridized carbons (Fsp3) is 0.250. The van der Waals surface area contributed by atoms with Crippen LogP contribution in [0.25, 0.3) is 0 Å². The molecule has 0 bridgehead atoms. The van der Waals surface area contributed by atoms with E-state index in [9.17, 15) is 9.59 Å². The molecular weight excluding hydrogens is 218 g/mol. The monoisotopic (exact) mass is 233 g/mol. The van der Waals surface area contributed by atoms with Gasteiger partial charge >= 0.3 is 0 Å². The fourth-order valence-electron chi connectivity index (χ4n) is 1.20. The van der Waals surface area contributed by atoms with Gasteiger partial charge in [0.1, 0.15) is 0 Å². The molecule has 0 aliphatic carbocycles. The number of hydrogen-bond acceptors (Lipinski definition) is 3. The van der Waals surface area contributed by atoms with E-state index in [4.69, 9.17) is 0 Å². The lowest BCUT2D eigenvalue weighted by molar-refractivity contribution is -0.117. The van der Waals surface area contributed by atoms with E-state index in [-0.39, 0.29) is 17.8 Å². The van der Waals surface area contributed by atoms with Crippen LogP contribution in [-0.4, -0.2) is 17.8 Å². The van der Waals surface area contributed by atoms with Crippen LogP contribution in [0.2, 0.25) is 0 Å². The average molecular weight is 233 g/mol. The third kappa shape index (κ3) is 5.46. The summed E-state index contributed by atoms with van der Waals surface area (Å²) in [4.78, 5) is 25.9. The maximum absolute atomic E-state index is 10.9.